The molecule has 108 valence electrons. The van der Waals surface area contributed by atoms with Crippen molar-refractivity contribution in [2.24, 2.45) is 0 Å². The molecule has 0 spiro atoms. The lowest BCUT2D eigenvalue weighted by Crippen LogP contribution is -2.12. The molecule has 0 aliphatic carbocycles. The number of anilines is 1. The third kappa shape index (κ3) is 2.96. The van der Waals surface area contributed by atoms with Crippen LogP contribution in [0.4, 0.5) is 10.3 Å². The third-order valence-corrected chi connectivity index (χ3v) is 4.73. The van der Waals surface area contributed by atoms with Crippen molar-refractivity contribution in [2.75, 3.05) is 4.72 Å². The highest BCUT2D eigenvalue weighted by Crippen LogP contribution is 2.25. The van der Waals surface area contributed by atoms with Crippen LogP contribution in [0.25, 0.3) is 11.3 Å². The number of rotatable bonds is 4. The van der Waals surface area contributed by atoms with E-state index >= 15 is 0 Å². The van der Waals surface area contributed by atoms with Gasteiger partial charge in [-0.2, -0.15) is 11.3 Å². The van der Waals surface area contributed by atoms with E-state index in [1.165, 1.54) is 29.5 Å². The molecule has 21 heavy (non-hydrogen) atoms. The Bertz CT molecular complexity index is 840. The second kappa shape index (κ2) is 5.30. The average molecular weight is 324 g/mol. The predicted molar refractivity (Wildman–Crippen MR) is 77.0 cm³/mol. The van der Waals surface area contributed by atoms with Crippen LogP contribution in [0.3, 0.4) is 0 Å². The van der Waals surface area contributed by atoms with Crippen molar-refractivity contribution in [1.29, 1.82) is 0 Å². The third-order valence-electron chi connectivity index (χ3n) is 2.69. The highest BCUT2D eigenvalue weighted by molar-refractivity contribution is 7.92. The van der Waals surface area contributed by atoms with E-state index < -0.39 is 15.8 Å². The van der Waals surface area contributed by atoms with Gasteiger partial charge in [0.1, 0.15) is 11.5 Å². The van der Waals surface area contributed by atoms with Crippen LogP contribution in [-0.2, 0) is 10.0 Å². The number of hydrogen-bond acceptors (Lipinski definition) is 5. The van der Waals surface area contributed by atoms with Crippen molar-refractivity contribution >= 4 is 27.2 Å². The fourth-order valence-electron chi connectivity index (χ4n) is 1.67. The molecule has 3 aromatic rings. The Hall–Kier alpha value is -2.19. The zero-order chi connectivity index (χ0) is 14.9. The fraction of sp³-hybridized carbons (Fsp3) is 0. The number of thiophene rings is 1. The second-order valence-corrected chi connectivity index (χ2v) is 6.61. The summed E-state index contributed by atoms with van der Waals surface area (Å²) in [6, 6.07) is 7.84. The maximum Gasteiger partial charge on any atom is 0.264 e. The Morgan fingerprint density at radius 3 is 2.62 bits per heavy atom. The lowest BCUT2D eigenvalue weighted by molar-refractivity contribution is 0.438. The van der Waals surface area contributed by atoms with E-state index in [1.807, 2.05) is 16.8 Å². The van der Waals surface area contributed by atoms with Crippen molar-refractivity contribution in [2.45, 2.75) is 4.90 Å². The Morgan fingerprint density at radius 1 is 1.19 bits per heavy atom. The summed E-state index contributed by atoms with van der Waals surface area (Å²) in [5.41, 5.74) is 1.38. The minimum Gasteiger partial charge on any atom is -0.337 e. The molecule has 0 aliphatic rings. The average Bonchev–Trinajstić information content (AvgIpc) is 3.09. The highest BCUT2D eigenvalue weighted by atomic mass is 32.2. The minimum atomic E-state index is -3.83. The van der Waals surface area contributed by atoms with Crippen LogP contribution in [0.5, 0.6) is 0 Å². The van der Waals surface area contributed by atoms with Gasteiger partial charge in [-0.1, -0.05) is 5.16 Å². The zero-order valence-electron chi connectivity index (χ0n) is 10.5. The summed E-state index contributed by atoms with van der Waals surface area (Å²) in [6.45, 7) is 0. The topological polar surface area (TPSA) is 72.2 Å². The van der Waals surface area contributed by atoms with Crippen LogP contribution < -0.4 is 4.72 Å². The molecule has 0 fully saturated rings. The summed E-state index contributed by atoms with van der Waals surface area (Å²) in [6.07, 6.45) is 0. The Balaban J connectivity index is 1.84. The van der Waals surface area contributed by atoms with Crippen LogP contribution in [0.15, 0.2) is 56.6 Å². The maximum absolute atomic E-state index is 12.8. The SMILES string of the molecule is O=S(=O)(Nc1cc(-c2ccsc2)no1)c1ccc(F)cc1. The summed E-state index contributed by atoms with van der Waals surface area (Å²) in [5, 5.41) is 7.55. The van der Waals surface area contributed by atoms with Gasteiger partial charge in [-0.15, -0.1) is 0 Å². The number of nitrogens with one attached hydrogen (secondary N) is 1. The maximum atomic E-state index is 12.8. The van der Waals surface area contributed by atoms with Crippen LogP contribution in [0, 0.1) is 5.82 Å². The van der Waals surface area contributed by atoms with Gasteiger partial charge in [0.05, 0.1) is 4.90 Å². The van der Waals surface area contributed by atoms with Crippen molar-refractivity contribution in [3.63, 3.8) is 0 Å². The molecule has 1 N–H and O–H groups in total. The highest BCUT2D eigenvalue weighted by Gasteiger charge is 2.17. The fourth-order valence-corrected chi connectivity index (χ4v) is 3.30. The molecular weight excluding hydrogens is 315 g/mol. The first-order valence-corrected chi connectivity index (χ1v) is 8.25. The summed E-state index contributed by atoms with van der Waals surface area (Å²) >= 11 is 1.50. The number of aromatic nitrogens is 1. The van der Waals surface area contributed by atoms with Gasteiger partial charge in [0, 0.05) is 17.0 Å². The second-order valence-electron chi connectivity index (χ2n) is 4.15. The molecule has 0 saturated heterocycles. The smallest absolute Gasteiger partial charge is 0.264 e. The van der Waals surface area contributed by atoms with Gasteiger partial charge >= 0.3 is 0 Å². The minimum absolute atomic E-state index is 0.000486. The molecule has 0 unspecified atom stereocenters. The van der Waals surface area contributed by atoms with Crippen molar-refractivity contribution < 1.29 is 17.3 Å². The largest absolute Gasteiger partial charge is 0.337 e. The molecule has 0 atom stereocenters. The molecule has 3 rings (SSSR count). The first-order chi connectivity index (χ1) is 10.0. The first kappa shape index (κ1) is 13.8. The lowest BCUT2D eigenvalue weighted by atomic mass is 10.2. The van der Waals surface area contributed by atoms with Crippen LogP contribution in [0.2, 0.25) is 0 Å². The van der Waals surface area contributed by atoms with E-state index in [-0.39, 0.29) is 10.8 Å². The molecule has 0 aliphatic heterocycles. The zero-order valence-corrected chi connectivity index (χ0v) is 12.1. The summed E-state index contributed by atoms with van der Waals surface area (Å²) in [7, 11) is -3.83. The number of hydrogen-bond donors (Lipinski definition) is 1. The molecule has 0 bridgehead atoms. The molecule has 2 aromatic heterocycles. The Labute approximate surface area is 124 Å². The Kier molecular flexibility index (Phi) is 3.48. The molecule has 0 amide bonds. The molecule has 8 heteroatoms. The number of benzene rings is 1. The van der Waals surface area contributed by atoms with Crippen molar-refractivity contribution in [1.82, 2.24) is 5.16 Å². The van der Waals surface area contributed by atoms with Gasteiger partial charge in [0.15, 0.2) is 0 Å². The summed E-state index contributed by atoms with van der Waals surface area (Å²) in [5.74, 6) is -0.506. The molecule has 0 radical (unpaired) electrons. The van der Waals surface area contributed by atoms with Crippen molar-refractivity contribution in [3.8, 4) is 11.3 Å². The molecule has 1 aromatic carbocycles. The Morgan fingerprint density at radius 2 is 1.95 bits per heavy atom. The summed E-state index contributed by atoms with van der Waals surface area (Å²) < 4.78 is 44.2. The van der Waals surface area contributed by atoms with Gasteiger partial charge < -0.3 is 4.52 Å². The van der Waals surface area contributed by atoms with Crippen LogP contribution >= 0.6 is 11.3 Å². The normalized spacial score (nSPS) is 11.5. The van der Waals surface area contributed by atoms with Crippen molar-refractivity contribution in [3.05, 3.63) is 53.0 Å². The molecular formula is C13H9FN2O3S2. The van der Waals surface area contributed by atoms with E-state index in [2.05, 4.69) is 9.88 Å². The monoisotopic (exact) mass is 324 g/mol. The molecule has 5 nitrogen and oxygen atoms in total. The van der Waals surface area contributed by atoms with Gasteiger partial charge in [-0.05, 0) is 35.7 Å². The van der Waals surface area contributed by atoms with E-state index in [9.17, 15) is 12.8 Å². The molecule has 2 heterocycles. The van der Waals surface area contributed by atoms with E-state index in [0.29, 0.717) is 5.69 Å². The van der Waals surface area contributed by atoms with Gasteiger partial charge in [-0.25, -0.2) is 17.5 Å². The van der Waals surface area contributed by atoms with E-state index in [1.54, 1.807) is 0 Å². The standard InChI is InChI=1S/C13H9FN2O3S2/c14-10-1-3-11(4-2-10)21(17,18)16-13-7-12(15-19-13)9-5-6-20-8-9/h1-8,16H. The van der Waals surface area contributed by atoms with Crippen LogP contribution in [0.1, 0.15) is 0 Å². The van der Waals surface area contributed by atoms with Gasteiger partial charge in [0.2, 0.25) is 5.88 Å². The number of halogens is 1. The molecule has 0 saturated carbocycles. The first-order valence-electron chi connectivity index (χ1n) is 5.82. The summed E-state index contributed by atoms with van der Waals surface area (Å²) in [4.78, 5) is -0.0580. The predicted octanol–water partition coefficient (Wildman–Crippen LogP) is 3.34. The lowest BCUT2D eigenvalue weighted by Gasteiger charge is -2.03. The van der Waals surface area contributed by atoms with E-state index in [0.717, 1.165) is 17.7 Å². The number of nitrogens with zero attached hydrogens (tertiary/aromatic N) is 1. The van der Waals surface area contributed by atoms with E-state index in [4.69, 9.17) is 4.52 Å². The van der Waals surface area contributed by atoms with Gasteiger partial charge in [0.25, 0.3) is 10.0 Å². The van der Waals surface area contributed by atoms with Crippen LogP contribution in [-0.4, -0.2) is 13.6 Å². The quantitative estimate of drug-likeness (QED) is 0.799. The van der Waals surface area contributed by atoms with Gasteiger partial charge in [-0.3, -0.25) is 0 Å². The number of sulfonamides is 1.